The van der Waals surface area contributed by atoms with Crippen LogP contribution in [0.4, 0.5) is 0 Å². The monoisotopic (exact) mass is 269 g/mol. The highest BCUT2D eigenvalue weighted by Crippen LogP contribution is 2.23. The summed E-state index contributed by atoms with van der Waals surface area (Å²) in [7, 11) is 0. The first kappa shape index (κ1) is 14.7. The van der Waals surface area contributed by atoms with E-state index in [9.17, 15) is 0 Å². The van der Waals surface area contributed by atoms with Gasteiger partial charge in [0, 0.05) is 0 Å². The number of hydrogen-bond donors (Lipinski definition) is 1. The maximum Gasteiger partial charge on any atom is 0.0679 e. The zero-order valence-electron chi connectivity index (χ0n) is 12.6. The van der Waals surface area contributed by atoms with Gasteiger partial charge in [-0.3, -0.25) is 0 Å². The van der Waals surface area contributed by atoms with E-state index in [1.54, 1.807) is 0 Å². The molecule has 0 fully saturated rings. The zero-order chi connectivity index (χ0) is 14.5. The first-order valence-corrected chi connectivity index (χ1v) is 7.33. The molecule has 2 rings (SSSR count). The SMILES string of the molecule is CCCc1ccc(C(N)c2cc(C)nnc2CC)cc1. The van der Waals surface area contributed by atoms with Crippen LogP contribution in [0.5, 0.6) is 0 Å². The molecule has 0 spiro atoms. The molecule has 0 aliphatic heterocycles. The van der Waals surface area contributed by atoms with E-state index in [0.717, 1.165) is 35.4 Å². The van der Waals surface area contributed by atoms with Gasteiger partial charge < -0.3 is 5.73 Å². The van der Waals surface area contributed by atoms with E-state index >= 15 is 0 Å². The van der Waals surface area contributed by atoms with Crippen molar-refractivity contribution in [3.63, 3.8) is 0 Å². The average Bonchev–Trinajstić information content (AvgIpc) is 2.47. The van der Waals surface area contributed by atoms with Crippen LogP contribution in [-0.2, 0) is 12.8 Å². The van der Waals surface area contributed by atoms with Gasteiger partial charge in [0.05, 0.1) is 17.4 Å². The quantitative estimate of drug-likeness (QED) is 0.905. The Kier molecular flexibility index (Phi) is 4.85. The van der Waals surface area contributed by atoms with Crippen molar-refractivity contribution >= 4 is 0 Å². The lowest BCUT2D eigenvalue weighted by atomic mass is 9.96. The van der Waals surface area contributed by atoms with Crippen LogP contribution in [0, 0.1) is 6.92 Å². The van der Waals surface area contributed by atoms with Crippen molar-refractivity contribution in [2.45, 2.75) is 46.1 Å². The number of aryl methyl sites for hydroxylation is 3. The second-order valence-corrected chi connectivity index (χ2v) is 5.21. The van der Waals surface area contributed by atoms with Crippen molar-refractivity contribution < 1.29 is 0 Å². The average molecular weight is 269 g/mol. The fourth-order valence-electron chi connectivity index (χ4n) is 2.44. The van der Waals surface area contributed by atoms with Crippen molar-refractivity contribution in [1.29, 1.82) is 0 Å². The van der Waals surface area contributed by atoms with E-state index in [-0.39, 0.29) is 6.04 Å². The molecular formula is C17H23N3. The van der Waals surface area contributed by atoms with Crippen molar-refractivity contribution in [2.24, 2.45) is 5.73 Å². The fraction of sp³-hybridized carbons (Fsp3) is 0.412. The van der Waals surface area contributed by atoms with E-state index in [1.807, 2.05) is 6.92 Å². The first-order valence-electron chi connectivity index (χ1n) is 7.33. The highest BCUT2D eigenvalue weighted by atomic mass is 15.1. The van der Waals surface area contributed by atoms with Gasteiger partial charge in [-0.2, -0.15) is 10.2 Å². The molecule has 0 bridgehead atoms. The third kappa shape index (κ3) is 3.23. The molecule has 106 valence electrons. The minimum atomic E-state index is -0.130. The number of aromatic nitrogens is 2. The summed E-state index contributed by atoms with van der Waals surface area (Å²) in [6.45, 7) is 6.23. The van der Waals surface area contributed by atoms with Crippen molar-refractivity contribution in [3.8, 4) is 0 Å². The van der Waals surface area contributed by atoms with Gasteiger partial charge in [0.25, 0.3) is 0 Å². The van der Waals surface area contributed by atoms with Gasteiger partial charge in [-0.05, 0) is 42.5 Å². The molecule has 1 heterocycles. The van der Waals surface area contributed by atoms with Crippen LogP contribution >= 0.6 is 0 Å². The lowest BCUT2D eigenvalue weighted by Crippen LogP contribution is -2.16. The smallest absolute Gasteiger partial charge is 0.0679 e. The van der Waals surface area contributed by atoms with Crippen molar-refractivity contribution in [1.82, 2.24) is 10.2 Å². The molecule has 0 radical (unpaired) electrons. The van der Waals surface area contributed by atoms with Crippen molar-refractivity contribution in [2.75, 3.05) is 0 Å². The third-order valence-corrected chi connectivity index (χ3v) is 3.57. The summed E-state index contributed by atoms with van der Waals surface area (Å²) in [6, 6.07) is 10.5. The molecule has 20 heavy (non-hydrogen) atoms. The van der Waals surface area contributed by atoms with Crippen LogP contribution in [-0.4, -0.2) is 10.2 Å². The van der Waals surface area contributed by atoms with Crippen LogP contribution in [0.2, 0.25) is 0 Å². The summed E-state index contributed by atoms with van der Waals surface area (Å²) in [5.74, 6) is 0. The van der Waals surface area contributed by atoms with Crippen LogP contribution < -0.4 is 5.73 Å². The van der Waals surface area contributed by atoms with E-state index in [1.165, 1.54) is 12.0 Å². The molecule has 0 saturated carbocycles. The van der Waals surface area contributed by atoms with E-state index in [2.05, 4.69) is 54.4 Å². The van der Waals surface area contributed by atoms with Crippen LogP contribution in [0.1, 0.15) is 54.4 Å². The summed E-state index contributed by atoms with van der Waals surface area (Å²) in [5.41, 5.74) is 11.9. The molecule has 2 N–H and O–H groups in total. The number of nitrogens with two attached hydrogens (primary N) is 1. The number of benzene rings is 1. The molecule has 1 unspecified atom stereocenters. The minimum absolute atomic E-state index is 0.130. The van der Waals surface area contributed by atoms with Crippen LogP contribution in [0.25, 0.3) is 0 Å². The van der Waals surface area contributed by atoms with E-state index in [4.69, 9.17) is 5.73 Å². The van der Waals surface area contributed by atoms with Crippen LogP contribution in [0.15, 0.2) is 30.3 Å². The van der Waals surface area contributed by atoms with Gasteiger partial charge in [-0.15, -0.1) is 0 Å². The second kappa shape index (κ2) is 6.62. The maximum absolute atomic E-state index is 6.42. The Morgan fingerprint density at radius 3 is 2.40 bits per heavy atom. The largest absolute Gasteiger partial charge is 0.320 e. The number of rotatable bonds is 5. The third-order valence-electron chi connectivity index (χ3n) is 3.57. The Hall–Kier alpha value is -1.74. The molecule has 0 aliphatic carbocycles. The van der Waals surface area contributed by atoms with Crippen molar-refractivity contribution in [3.05, 3.63) is 58.4 Å². The molecule has 0 aliphatic rings. The molecule has 0 amide bonds. The zero-order valence-corrected chi connectivity index (χ0v) is 12.6. The molecule has 2 aromatic rings. The highest BCUT2D eigenvalue weighted by Gasteiger charge is 2.14. The Morgan fingerprint density at radius 2 is 1.80 bits per heavy atom. The Bertz CT molecular complexity index is 561. The number of nitrogens with zero attached hydrogens (tertiary/aromatic N) is 2. The van der Waals surface area contributed by atoms with Gasteiger partial charge >= 0.3 is 0 Å². The summed E-state index contributed by atoms with van der Waals surface area (Å²) in [6.07, 6.45) is 3.13. The topological polar surface area (TPSA) is 51.8 Å². The Labute approximate surface area is 121 Å². The molecule has 0 saturated heterocycles. The normalized spacial score (nSPS) is 12.4. The number of hydrogen-bond acceptors (Lipinski definition) is 3. The predicted octanol–water partition coefficient (Wildman–Crippen LogP) is 3.35. The van der Waals surface area contributed by atoms with Gasteiger partial charge in [0.1, 0.15) is 0 Å². The van der Waals surface area contributed by atoms with Gasteiger partial charge in [0.15, 0.2) is 0 Å². The highest BCUT2D eigenvalue weighted by molar-refractivity contribution is 5.35. The van der Waals surface area contributed by atoms with E-state index in [0.29, 0.717) is 0 Å². The summed E-state index contributed by atoms with van der Waals surface area (Å²) in [5, 5.41) is 8.38. The standard InChI is InChI=1S/C17H23N3/c1-4-6-13-7-9-14(10-8-13)17(18)15-11-12(3)19-20-16(15)5-2/h7-11,17H,4-6,18H2,1-3H3. The molecule has 1 aromatic heterocycles. The minimum Gasteiger partial charge on any atom is -0.320 e. The van der Waals surface area contributed by atoms with Crippen LogP contribution in [0.3, 0.4) is 0 Å². The molecular weight excluding hydrogens is 246 g/mol. The van der Waals surface area contributed by atoms with Gasteiger partial charge in [0.2, 0.25) is 0 Å². The fourth-order valence-corrected chi connectivity index (χ4v) is 2.44. The summed E-state index contributed by atoms with van der Waals surface area (Å²) >= 11 is 0. The molecule has 1 atom stereocenters. The molecule has 1 aromatic carbocycles. The van der Waals surface area contributed by atoms with Gasteiger partial charge in [-0.25, -0.2) is 0 Å². The summed E-state index contributed by atoms with van der Waals surface area (Å²) < 4.78 is 0. The Balaban J connectivity index is 2.30. The maximum atomic E-state index is 6.42. The first-order chi connectivity index (χ1) is 9.65. The van der Waals surface area contributed by atoms with E-state index < -0.39 is 0 Å². The molecule has 3 nitrogen and oxygen atoms in total. The Morgan fingerprint density at radius 1 is 1.10 bits per heavy atom. The van der Waals surface area contributed by atoms with Gasteiger partial charge in [-0.1, -0.05) is 44.5 Å². The lowest BCUT2D eigenvalue weighted by Gasteiger charge is -2.16. The molecule has 3 heteroatoms. The lowest BCUT2D eigenvalue weighted by molar-refractivity contribution is 0.789. The second-order valence-electron chi connectivity index (χ2n) is 5.21. The summed E-state index contributed by atoms with van der Waals surface area (Å²) in [4.78, 5) is 0. The predicted molar refractivity (Wildman–Crippen MR) is 82.6 cm³/mol.